The summed E-state index contributed by atoms with van der Waals surface area (Å²) in [5.41, 5.74) is 0.315. The predicted octanol–water partition coefficient (Wildman–Crippen LogP) is 2.92. The van der Waals surface area contributed by atoms with Crippen molar-refractivity contribution in [2.75, 3.05) is 19.7 Å². The minimum absolute atomic E-state index is 0.139. The molecule has 1 aromatic heterocycles. The van der Waals surface area contributed by atoms with E-state index in [4.69, 9.17) is 14.9 Å². The highest BCUT2D eigenvalue weighted by Gasteiger charge is 2.35. The van der Waals surface area contributed by atoms with Crippen molar-refractivity contribution in [2.24, 2.45) is 13.0 Å². The number of nitrogens with one attached hydrogen (secondary N) is 1. The van der Waals surface area contributed by atoms with Gasteiger partial charge in [0.05, 0.1) is 6.61 Å². The van der Waals surface area contributed by atoms with E-state index < -0.39 is 23.8 Å². The second-order valence-corrected chi connectivity index (χ2v) is 7.08. The lowest BCUT2D eigenvalue weighted by atomic mass is 9.81. The average molecular weight is 455 g/mol. The molecule has 1 saturated heterocycles. The summed E-state index contributed by atoms with van der Waals surface area (Å²) in [5.74, 6) is -1.84. The molecule has 0 unspecified atom stereocenters. The fourth-order valence-electron chi connectivity index (χ4n) is 3.30. The number of benzene rings is 1. The number of hydrogen-bond donors (Lipinski definition) is 3. The lowest BCUT2D eigenvalue weighted by Crippen LogP contribution is -2.38. The average Bonchev–Trinajstić information content (AvgIpc) is 3.13. The Balaban J connectivity index is 0.000000390. The van der Waals surface area contributed by atoms with Crippen molar-refractivity contribution in [3.05, 3.63) is 59.8 Å². The van der Waals surface area contributed by atoms with Crippen LogP contribution >= 0.6 is 0 Å². The lowest BCUT2D eigenvalue weighted by molar-refractivity contribution is -0.141. The Bertz CT molecular complexity index is 913. The number of ether oxygens (including phenoxy) is 1. The van der Waals surface area contributed by atoms with Gasteiger partial charge in [0, 0.05) is 37.7 Å². The van der Waals surface area contributed by atoms with Crippen molar-refractivity contribution in [2.45, 2.75) is 18.5 Å². The maximum absolute atomic E-state index is 12.7. The Morgan fingerprint density at radius 3 is 2.38 bits per heavy atom. The van der Waals surface area contributed by atoms with Gasteiger partial charge in [-0.05, 0) is 24.4 Å². The van der Waals surface area contributed by atoms with Crippen LogP contribution in [0.3, 0.4) is 0 Å². The number of aryl methyl sites for hydroxylation is 1. The maximum Gasteiger partial charge on any atom is 0.435 e. The van der Waals surface area contributed by atoms with E-state index in [1.165, 1.54) is 12.6 Å². The third-order valence-corrected chi connectivity index (χ3v) is 4.78. The number of carboxylic acid groups (broad SMARTS) is 2. The van der Waals surface area contributed by atoms with Gasteiger partial charge in [0.2, 0.25) is 5.88 Å². The highest BCUT2D eigenvalue weighted by Crippen LogP contribution is 2.33. The molecule has 8 nitrogen and oxygen atoms in total. The van der Waals surface area contributed by atoms with Crippen molar-refractivity contribution in [1.29, 1.82) is 0 Å². The smallest absolute Gasteiger partial charge is 0.435 e. The first-order chi connectivity index (χ1) is 15.1. The van der Waals surface area contributed by atoms with Gasteiger partial charge in [0.25, 0.3) is 0 Å². The van der Waals surface area contributed by atoms with E-state index in [2.05, 4.69) is 22.5 Å². The van der Waals surface area contributed by atoms with Crippen LogP contribution < -0.4 is 10.1 Å². The normalized spacial score (nSPS) is 18.6. The van der Waals surface area contributed by atoms with E-state index in [-0.39, 0.29) is 11.8 Å². The SMILES string of the molecule is Cn1nc(C(F)(F)F)cc1OC[C@@H]1CNCC[C@H]1c1ccccc1.O=C(O)/C=C/C(=O)O. The summed E-state index contributed by atoms with van der Waals surface area (Å²) in [7, 11) is 1.46. The Morgan fingerprint density at radius 1 is 1.22 bits per heavy atom. The lowest BCUT2D eigenvalue weighted by Gasteiger charge is -2.32. The van der Waals surface area contributed by atoms with Crippen molar-refractivity contribution < 1.29 is 37.7 Å². The van der Waals surface area contributed by atoms with Gasteiger partial charge in [-0.25, -0.2) is 14.3 Å². The number of halogens is 3. The molecule has 2 heterocycles. The maximum atomic E-state index is 12.7. The van der Waals surface area contributed by atoms with Crippen LogP contribution in [0.5, 0.6) is 5.88 Å². The monoisotopic (exact) mass is 455 g/mol. The molecule has 0 amide bonds. The molecule has 1 aliphatic heterocycles. The topological polar surface area (TPSA) is 114 Å². The Kier molecular flexibility index (Phi) is 8.82. The van der Waals surface area contributed by atoms with Gasteiger partial charge < -0.3 is 20.3 Å². The predicted molar refractivity (Wildman–Crippen MR) is 108 cm³/mol. The first-order valence-electron chi connectivity index (χ1n) is 9.71. The molecule has 1 fully saturated rings. The zero-order valence-electron chi connectivity index (χ0n) is 17.2. The molecule has 0 bridgehead atoms. The summed E-state index contributed by atoms with van der Waals surface area (Å²) in [6.45, 7) is 2.06. The second kappa shape index (κ2) is 11.3. The number of rotatable bonds is 6. The number of carbonyl (C=O) groups is 2. The molecule has 0 aliphatic carbocycles. The third kappa shape index (κ3) is 7.73. The highest BCUT2D eigenvalue weighted by atomic mass is 19.4. The molecule has 0 saturated carbocycles. The van der Waals surface area contributed by atoms with Crippen LogP contribution in [0.4, 0.5) is 13.2 Å². The molecule has 11 heteroatoms. The fourth-order valence-corrected chi connectivity index (χ4v) is 3.30. The van der Waals surface area contributed by atoms with E-state index in [0.29, 0.717) is 24.7 Å². The summed E-state index contributed by atoms with van der Waals surface area (Å²) >= 11 is 0. The van der Waals surface area contributed by atoms with E-state index in [1.54, 1.807) is 0 Å². The fraction of sp³-hybridized carbons (Fsp3) is 0.381. The standard InChI is InChI=1S/C17H20F3N3O.C4H4O4/c1-23-16(9-15(22-23)17(18,19)20)24-11-13-10-21-8-7-14(13)12-5-3-2-4-6-12;5-3(6)1-2-4(7)8/h2-6,9,13-14,21H,7-8,10-11H2,1H3;1-2H,(H,5,6)(H,7,8)/b;2-1+/t13-,14-;/m0./s1. The van der Waals surface area contributed by atoms with Crippen molar-refractivity contribution >= 4 is 11.9 Å². The number of aliphatic carboxylic acids is 2. The Labute approximate surface area is 182 Å². The molecule has 2 aromatic rings. The van der Waals surface area contributed by atoms with Crippen molar-refractivity contribution in [3.63, 3.8) is 0 Å². The van der Waals surface area contributed by atoms with Crippen LogP contribution in [0.2, 0.25) is 0 Å². The molecule has 3 N–H and O–H groups in total. The van der Waals surface area contributed by atoms with Crippen molar-refractivity contribution in [1.82, 2.24) is 15.1 Å². The van der Waals surface area contributed by atoms with Gasteiger partial charge in [-0.3, -0.25) is 0 Å². The second-order valence-electron chi connectivity index (χ2n) is 7.08. The van der Waals surface area contributed by atoms with Gasteiger partial charge in [-0.2, -0.15) is 18.3 Å². The minimum atomic E-state index is -4.46. The quantitative estimate of drug-likeness (QED) is 0.574. The van der Waals surface area contributed by atoms with Gasteiger partial charge in [0.15, 0.2) is 5.69 Å². The zero-order valence-corrected chi connectivity index (χ0v) is 17.2. The van der Waals surface area contributed by atoms with E-state index in [1.807, 2.05) is 18.2 Å². The number of nitrogens with zero attached hydrogens (tertiary/aromatic N) is 2. The first kappa shape index (κ1) is 24.9. The van der Waals surface area contributed by atoms with Gasteiger partial charge in [-0.15, -0.1) is 0 Å². The molecule has 0 spiro atoms. The summed E-state index contributed by atoms with van der Waals surface area (Å²) in [5, 5.41) is 22.4. The summed E-state index contributed by atoms with van der Waals surface area (Å²) < 4.78 is 45.0. The van der Waals surface area contributed by atoms with Crippen LogP contribution in [0.25, 0.3) is 0 Å². The molecule has 1 aliphatic rings. The number of carboxylic acids is 2. The number of piperidine rings is 1. The minimum Gasteiger partial charge on any atom is -0.478 e. The largest absolute Gasteiger partial charge is 0.478 e. The highest BCUT2D eigenvalue weighted by molar-refractivity contribution is 5.89. The van der Waals surface area contributed by atoms with Gasteiger partial charge in [-0.1, -0.05) is 30.3 Å². The Hall–Kier alpha value is -3.34. The number of alkyl halides is 3. The molecular formula is C21H24F3N3O5. The van der Waals surface area contributed by atoms with Crippen LogP contribution in [-0.4, -0.2) is 51.6 Å². The van der Waals surface area contributed by atoms with Gasteiger partial charge in [0.1, 0.15) is 0 Å². The molecule has 2 atom stereocenters. The van der Waals surface area contributed by atoms with E-state index in [0.717, 1.165) is 30.3 Å². The summed E-state index contributed by atoms with van der Waals surface area (Å²) in [4.78, 5) is 19.1. The Morgan fingerprint density at radius 2 is 1.84 bits per heavy atom. The van der Waals surface area contributed by atoms with Crippen LogP contribution in [0, 0.1) is 5.92 Å². The van der Waals surface area contributed by atoms with E-state index in [9.17, 15) is 22.8 Å². The molecule has 0 radical (unpaired) electrons. The molecule has 3 rings (SSSR count). The molecule has 174 valence electrons. The number of hydrogen-bond acceptors (Lipinski definition) is 5. The molecule has 1 aromatic carbocycles. The van der Waals surface area contributed by atoms with E-state index >= 15 is 0 Å². The van der Waals surface area contributed by atoms with Crippen LogP contribution in [0.15, 0.2) is 48.6 Å². The van der Waals surface area contributed by atoms with Crippen molar-refractivity contribution in [3.8, 4) is 5.88 Å². The molecular weight excluding hydrogens is 431 g/mol. The molecule has 32 heavy (non-hydrogen) atoms. The van der Waals surface area contributed by atoms with Gasteiger partial charge >= 0.3 is 18.1 Å². The third-order valence-electron chi connectivity index (χ3n) is 4.78. The summed E-state index contributed by atoms with van der Waals surface area (Å²) in [6.07, 6.45) is -2.36. The van der Waals surface area contributed by atoms with Crippen LogP contribution in [-0.2, 0) is 22.8 Å². The van der Waals surface area contributed by atoms with Crippen LogP contribution in [0.1, 0.15) is 23.6 Å². The zero-order chi connectivity index (χ0) is 23.7. The number of aromatic nitrogens is 2. The first-order valence-corrected chi connectivity index (χ1v) is 9.71. The summed E-state index contributed by atoms with van der Waals surface area (Å²) in [6, 6.07) is 11.1.